The van der Waals surface area contributed by atoms with Crippen LogP contribution in [0.5, 0.6) is 0 Å². The number of aliphatic hydroxyl groups is 1. The molecule has 0 amide bonds. The van der Waals surface area contributed by atoms with Crippen LogP contribution in [0.1, 0.15) is 80.1 Å². The van der Waals surface area contributed by atoms with Gasteiger partial charge in [-0.05, 0) is 98.0 Å². The van der Waals surface area contributed by atoms with E-state index in [2.05, 4.69) is 26.8 Å². The summed E-state index contributed by atoms with van der Waals surface area (Å²) in [7, 11) is 0. The molecule has 0 aromatic rings. The number of ketones is 2. The molecule has 4 fully saturated rings. The summed E-state index contributed by atoms with van der Waals surface area (Å²) in [6.45, 7) is 11.8. The molecule has 5 heteroatoms. The zero-order valence-corrected chi connectivity index (χ0v) is 21.5. The van der Waals surface area contributed by atoms with Gasteiger partial charge in [0.15, 0.2) is 11.6 Å². The first kappa shape index (κ1) is 24.0. The van der Waals surface area contributed by atoms with Crippen LogP contribution < -0.4 is 0 Å². The lowest BCUT2D eigenvalue weighted by molar-refractivity contribution is -0.158. The summed E-state index contributed by atoms with van der Waals surface area (Å²) in [6, 6.07) is 0. The lowest BCUT2D eigenvalue weighted by atomic mass is 9.43. The highest BCUT2D eigenvalue weighted by Gasteiger charge is 2.81. The lowest BCUT2D eigenvalue weighted by Gasteiger charge is -2.60. The highest BCUT2D eigenvalue weighted by atomic mass is 16.5. The van der Waals surface area contributed by atoms with Crippen LogP contribution in [0.3, 0.4) is 0 Å². The second-order valence-electron chi connectivity index (χ2n) is 12.9. The molecule has 4 saturated carbocycles. The molecule has 10 atom stereocenters. The summed E-state index contributed by atoms with van der Waals surface area (Å²) in [6.07, 6.45) is 9.81. The van der Waals surface area contributed by atoms with Crippen molar-refractivity contribution >= 4 is 17.5 Å². The first-order valence-corrected chi connectivity index (χ1v) is 13.1. The molecule has 0 aliphatic heterocycles. The Morgan fingerprint density at radius 1 is 1.15 bits per heavy atom. The molecule has 5 aliphatic carbocycles. The number of rotatable bonds is 4. The molecule has 0 aromatic carbocycles. The van der Waals surface area contributed by atoms with Crippen LogP contribution in [0.2, 0.25) is 0 Å². The van der Waals surface area contributed by atoms with Crippen LogP contribution in [-0.2, 0) is 19.1 Å². The molecular weight excluding hydrogens is 428 g/mol. The Balaban J connectivity index is 1.55. The fourth-order valence-electron chi connectivity index (χ4n) is 9.83. The maximum absolute atomic E-state index is 13.0. The van der Waals surface area contributed by atoms with E-state index in [4.69, 9.17) is 4.74 Å². The molecule has 5 rings (SSSR count). The smallest absolute Gasteiger partial charge is 0.302 e. The highest BCUT2D eigenvalue weighted by Crippen LogP contribution is 2.87. The minimum atomic E-state index is -1.18. The third kappa shape index (κ3) is 2.85. The van der Waals surface area contributed by atoms with Gasteiger partial charge in [0.05, 0.1) is 0 Å². The lowest BCUT2D eigenvalue weighted by Crippen LogP contribution is -2.56. The zero-order valence-electron chi connectivity index (χ0n) is 21.5. The Bertz CT molecular complexity index is 1010. The zero-order chi connectivity index (χ0) is 24.8. The summed E-state index contributed by atoms with van der Waals surface area (Å²) in [5.41, 5.74) is 0.672. The van der Waals surface area contributed by atoms with Gasteiger partial charge in [-0.1, -0.05) is 32.4 Å². The standard InChI is InChI=1S/C29H40O5/c1-16(2)13-21(32)25(33)24-22(34-18(4)30)14-27(6)23-8-7-19-17(3)20(31)9-10-28(19)15-29(23,28)12-11-26(24,27)5/h9-10,13,17,19,22-25,33H,7-8,11-12,14-15H2,1-6H3/t17-,19-,22-,23-,24?,25-,26+,27-,28+,29-/m0/s1. The second kappa shape index (κ2) is 7.38. The number of carbonyl (C=O) groups is 3. The normalized spacial score (nSPS) is 49.1. The van der Waals surface area contributed by atoms with Gasteiger partial charge >= 0.3 is 5.97 Å². The highest BCUT2D eigenvalue weighted by molar-refractivity contribution is 5.94. The van der Waals surface area contributed by atoms with E-state index in [9.17, 15) is 19.5 Å². The fourth-order valence-corrected chi connectivity index (χ4v) is 9.83. The molecule has 5 aliphatic rings. The molecule has 34 heavy (non-hydrogen) atoms. The first-order valence-electron chi connectivity index (χ1n) is 13.1. The van der Waals surface area contributed by atoms with Gasteiger partial charge in [-0.3, -0.25) is 14.4 Å². The van der Waals surface area contributed by atoms with E-state index in [-0.39, 0.29) is 45.1 Å². The maximum atomic E-state index is 13.0. The molecular formula is C29H40O5. The van der Waals surface area contributed by atoms with E-state index in [1.807, 2.05) is 19.9 Å². The van der Waals surface area contributed by atoms with E-state index in [1.54, 1.807) is 0 Å². The van der Waals surface area contributed by atoms with Crippen LogP contribution >= 0.6 is 0 Å². The average molecular weight is 469 g/mol. The number of hydrogen-bond acceptors (Lipinski definition) is 5. The van der Waals surface area contributed by atoms with Gasteiger partial charge in [-0.15, -0.1) is 0 Å². The minimum absolute atomic E-state index is 0.0834. The molecule has 5 nitrogen and oxygen atoms in total. The molecule has 0 radical (unpaired) electrons. The summed E-state index contributed by atoms with van der Waals surface area (Å²) in [5.74, 6) is 0.125. The van der Waals surface area contributed by atoms with Gasteiger partial charge in [-0.2, -0.15) is 0 Å². The fraction of sp³-hybridized carbons (Fsp3) is 0.759. The number of hydrogen-bond donors (Lipinski definition) is 1. The van der Waals surface area contributed by atoms with Gasteiger partial charge in [0.1, 0.15) is 12.2 Å². The molecule has 186 valence electrons. The van der Waals surface area contributed by atoms with Crippen molar-refractivity contribution in [2.24, 2.45) is 45.3 Å². The number of ether oxygens (including phenoxy) is 1. The first-order chi connectivity index (χ1) is 15.8. The van der Waals surface area contributed by atoms with E-state index in [1.165, 1.54) is 13.0 Å². The van der Waals surface area contributed by atoms with Crippen molar-refractivity contribution in [2.75, 3.05) is 0 Å². The van der Waals surface area contributed by atoms with Crippen molar-refractivity contribution in [2.45, 2.75) is 92.3 Å². The summed E-state index contributed by atoms with van der Waals surface area (Å²) in [5, 5.41) is 11.4. The SMILES string of the molecule is CC(=O)O[C@H]1C[C@@]2(C)[C@@H]3CC[C@H]4[C@H](C)C(=O)C=C[C@@]45C[C@@]35CC[C@]2(C)C1[C@@H](O)C(=O)C=C(C)C. The van der Waals surface area contributed by atoms with Crippen molar-refractivity contribution in [1.29, 1.82) is 0 Å². The molecule has 2 spiro atoms. The van der Waals surface area contributed by atoms with E-state index < -0.39 is 18.1 Å². The topological polar surface area (TPSA) is 80.7 Å². The Hall–Kier alpha value is -1.75. The number of aliphatic hydroxyl groups excluding tert-OH is 1. The Morgan fingerprint density at radius 2 is 1.85 bits per heavy atom. The molecule has 1 unspecified atom stereocenters. The average Bonchev–Trinajstić information content (AvgIpc) is 3.35. The minimum Gasteiger partial charge on any atom is -0.462 e. The quantitative estimate of drug-likeness (QED) is 0.473. The third-order valence-corrected chi connectivity index (χ3v) is 11.4. The number of allylic oxidation sites excluding steroid dienone is 3. The molecule has 0 bridgehead atoms. The molecule has 1 N–H and O–H groups in total. The third-order valence-electron chi connectivity index (χ3n) is 11.4. The van der Waals surface area contributed by atoms with Crippen LogP contribution in [0.4, 0.5) is 0 Å². The predicted octanol–water partition coefficient (Wildman–Crippen LogP) is 4.82. The monoisotopic (exact) mass is 468 g/mol. The van der Waals surface area contributed by atoms with Crippen LogP contribution in [0.25, 0.3) is 0 Å². The van der Waals surface area contributed by atoms with E-state index >= 15 is 0 Å². The van der Waals surface area contributed by atoms with E-state index in [0.29, 0.717) is 18.3 Å². The van der Waals surface area contributed by atoms with Crippen LogP contribution in [0, 0.1) is 45.3 Å². The van der Waals surface area contributed by atoms with Crippen molar-refractivity contribution in [1.82, 2.24) is 0 Å². The molecule has 0 heterocycles. The van der Waals surface area contributed by atoms with Gasteiger partial charge < -0.3 is 9.84 Å². The van der Waals surface area contributed by atoms with Gasteiger partial charge in [0.2, 0.25) is 0 Å². The largest absolute Gasteiger partial charge is 0.462 e. The van der Waals surface area contributed by atoms with Crippen molar-refractivity contribution < 1.29 is 24.2 Å². The molecule has 0 saturated heterocycles. The number of esters is 1. The van der Waals surface area contributed by atoms with Crippen molar-refractivity contribution in [3.8, 4) is 0 Å². The van der Waals surface area contributed by atoms with Crippen molar-refractivity contribution in [3.05, 3.63) is 23.8 Å². The number of carbonyl (C=O) groups excluding carboxylic acids is 3. The van der Waals surface area contributed by atoms with Gasteiger partial charge in [0, 0.05) is 18.8 Å². The van der Waals surface area contributed by atoms with E-state index in [0.717, 1.165) is 37.7 Å². The van der Waals surface area contributed by atoms with Gasteiger partial charge in [-0.25, -0.2) is 0 Å². The predicted molar refractivity (Wildman–Crippen MR) is 129 cm³/mol. The molecule has 0 aromatic heterocycles. The number of fused-ring (bicyclic) bond motifs is 2. The summed E-state index contributed by atoms with van der Waals surface area (Å²) >= 11 is 0. The van der Waals surface area contributed by atoms with Crippen molar-refractivity contribution in [3.63, 3.8) is 0 Å². The summed E-state index contributed by atoms with van der Waals surface area (Å²) < 4.78 is 5.85. The van der Waals surface area contributed by atoms with Gasteiger partial charge in [0.25, 0.3) is 0 Å². The second-order valence-corrected chi connectivity index (χ2v) is 12.9. The Morgan fingerprint density at radius 3 is 2.50 bits per heavy atom. The Labute approximate surface area is 203 Å². The van der Waals surface area contributed by atoms with Crippen LogP contribution in [-0.4, -0.2) is 34.9 Å². The summed E-state index contributed by atoms with van der Waals surface area (Å²) in [4.78, 5) is 37.6. The Kier molecular flexibility index (Phi) is 5.20. The van der Waals surface area contributed by atoms with Crippen LogP contribution in [0.15, 0.2) is 23.8 Å². The maximum Gasteiger partial charge on any atom is 0.302 e.